The van der Waals surface area contributed by atoms with E-state index in [-0.39, 0.29) is 5.91 Å². The van der Waals surface area contributed by atoms with Crippen LogP contribution in [0.2, 0.25) is 0 Å². The van der Waals surface area contributed by atoms with E-state index in [4.69, 9.17) is 4.74 Å². The van der Waals surface area contributed by atoms with Crippen LogP contribution in [0, 0.1) is 0 Å². The predicted octanol–water partition coefficient (Wildman–Crippen LogP) is 4.27. The quantitative estimate of drug-likeness (QED) is 0.567. The summed E-state index contributed by atoms with van der Waals surface area (Å²) in [5.41, 5.74) is 0.848. The summed E-state index contributed by atoms with van der Waals surface area (Å²) in [6, 6.07) is 13.1. The third kappa shape index (κ3) is 4.03. The molecule has 1 amide bonds. The van der Waals surface area contributed by atoms with E-state index in [9.17, 15) is 4.79 Å². The Kier molecular flexibility index (Phi) is 5.86. The molecule has 5 nitrogen and oxygen atoms in total. The number of benzene rings is 1. The molecule has 3 rings (SSSR count). The summed E-state index contributed by atoms with van der Waals surface area (Å²) in [6.45, 7) is 6.55. The highest BCUT2D eigenvalue weighted by Gasteiger charge is 2.32. The molecule has 0 atom stereocenters. The molecule has 132 valence electrons. The number of para-hydroxylation sites is 1. The van der Waals surface area contributed by atoms with Gasteiger partial charge in [0.25, 0.3) is 5.91 Å². The van der Waals surface area contributed by atoms with Crippen LogP contribution in [0.5, 0.6) is 5.75 Å². The van der Waals surface area contributed by atoms with Gasteiger partial charge in [-0.2, -0.15) is 0 Å². The zero-order chi connectivity index (χ0) is 18.4. The summed E-state index contributed by atoms with van der Waals surface area (Å²) in [5, 5.41) is 0.631. The van der Waals surface area contributed by atoms with E-state index in [1.54, 1.807) is 17.2 Å². The fourth-order valence-electron chi connectivity index (χ4n) is 2.41. The molecule has 1 aliphatic rings. The Balaban J connectivity index is 1.92. The molecular formula is C20H19N3O2S. The third-order valence-corrected chi connectivity index (χ3v) is 4.63. The van der Waals surface area contributed by atoms with Crippen molar-refractivity contribution >= 4 is 34.7 Å². The molecule has 26 heavy (non-hydrogen) atoms. The average Bonchev–Trinajstić information content (AvgIpc) is 2.96. The first-order chi connectivity index (χ1) is 12.7. The van der Waals surface area contributed by atoms with Crippen molar-refractivity contribution in [2.45, 2.75) is 6.92 Å². The molecule has 1 aromatic carbocycles. The summed E-state index contributed by atoms with van der Waals surface area (Å²) in [4.78, 5) is 23.7. The molecule has 1 aliphatic heterocycles. The van der Waals surface area contributed by atoms with Crippen molar-refractivity contribution in [2.24, 2.45) is 4.99 Å². The average molecular weight is 365 g/mol. The summed E-state index contributed by atoms with van der Waals surface area (Å²) in [7, 11) is 0. The Morgan fingerprint density at radius 2 is 2.08 bits per heavy atom. The van der Waals surface area contributed by atoms with E-state index in [1.807, 2.05) is 55.5 Å². The van der Waals surface area contributed by atoms with Crippen LogP contribution in [-0.4, -0.2) is 34.1 Å². The smallest absolute Gasteiger partial charge is 0.266 e. The summed E-state index contributed by atoms with van der Waals surface area (Å²) in [5.74, 6) is 1.23. The molecule has 0 radical (unpaired) electrons. The van der Waals surface area contributed by atoms with Gasteiger partial charge in [0.05, 0.1) is 4.91 Å². The first-order valence-corrected chi connectivity index (χ1v) is 9.08. The van der Waals surface area contributed by atoms with E-state index < -0.39 is 0 Å². The molecule has 0 spiro atoms. The number of pyridine rings is 1. The van der Waals surface area contributed by atoms with Gasteiger partial charge in [-0.1, -0.05) is 36.9 Å². The van der Waals surface area contributed by atoms with Crippen LogP contribution in [0.3, 0.4) is 0 Å². The molecule has 2 aromatic rings. The lowest BCUT2D eigenvalue weighted by molar-refractivity contribution is -0.122. The van der Waals surface area contributed by atoms with Gasteiger partial charge in [0.1, 0.15) is 12.4 Å². The Morgan fingerprint density at radius 3 is 2.81 bits per heavy atom. The SMILES string of the molecule is C=CCOc1ccccc1/C=C1\S/C(=N/c2ccccn2)N(CC)C1=O. The number of amidine groups is 1. The first kappa shape index (κ1) is 17.9. The molecule has 1 aromatic heterocycles. The third-order valence-electron chi connectivity index (χ3n) is 3.63. The van der Waals surface area contributed by atoms with Crippen LogP contribution in [-0.2, 0) is 4.79 Å². The van der Waals surface area contributed by atoms with E-state index in [0.717, 1.165) is 5.56 Å². The van der Waals surface area contributed by atoms with Crippen molar-refractivity contribution in [3.05, 3.63) is 71.8 Å². The maximum atomic E-state index is 12.7. The number of likely N-dealkylation sites (N-methyl/N-ethyl adjacent to an activating group) is 1. The number of carbonyl (C=O) groups is 1. The lowest BCUT2D eigenvalue weighted by Crippen LogP contribution is -2.28. The lowest BCUT2D eigenvalue weighted by atomic mass is 10.2. The number of aromatic nitrogens is 1. The minimum Gasteiger partial charge on any atom is -0.489 e. The van der Waals surface area contributed by atoms with Gasteiger partial charge in [-0.25, -0.2) is 9.98 Å². The van der Waals surface area contributed by atoms with Crippen LogP contribution in [0.25, 0.3) is 6.08 Å². The van der Waals surface area contributed by atoms with Gasteiger partial charge >= 0.3 is 0 Å². The Hall–Kier alpha value is -2.86. The molecule has 0 saturated carbocycles. The van der Waals surface area contributed by atoms with Crippen LogP contribution in [0.15, 0.2) is 71.2 Å². The highest BCUT2D eigenvalue weighted by atomic mass is 32.2. The standard InChI is InChI=1S/C20H19N3O2S/c1-3-13-25-16-10-6-5-9-15(16)14-17-19(24)23(4-2)20(26-17)22-18-11-7-8-12-21-18/h3,5-12,14H,1,4,13H2,2H3/b17-14-,22-20+. The van der Waals surface area contributed by atoms with Crippen LogP contribution in [0.1, 0.15) is 12.5 Å². The lowest BCUT2D eigenvalue weighted by Gasteiger charge is -2.11. The Bertz CT molecular complexity index is 862. The number of aliphatic imine (C=N–C) groups is 1. The van der Waals surface area contributed by atoms with E-state index >= 15 is 0 Å². The van der Waals surface area contributed by atoms with Crippen LogP contribution >= 0.6 is 11.8 Å². The number of hydrogen-bond acceptors (Lipinski definition) is 5. The Morgan fingerprint density at radius 1 is 1.27 bits per heavy atom. The van der Waals surface area contributed by atoms with Crippen molar-refractivity contribution in [1.29, 1.82) is 0 Å². The summed E-state index contributed by atoms with van der Waals surface area (Å²) < 4.78 is 5.67. The second kappa shape index (κ2) is 8.49. The van der Waals surface area contributed by atoms with Gasteiger partial charge in [-0.05, 0) is 43.0 Å². The molecule has 0 unspecified atom stereocenters. The minimum atomic E-state index is -0.0642. The van der Waals surface area contributed by atoms with Crippen molar-refractivity contribution in [1.82, 2.24) is 9.88 Å². The van der Waals surface area contributed by atoms with E-state index in [0.29, 0.717) is 34.8 Å². The summed E-state index contributed by atoms with van der Waals surface area (Å²) in [6.07, 6.45) is 5.21. The largest absolute Gasteiger partial charge is 0.489 e. The molecule has 0 N–H and O–H groups in total. The Labute approximate surface area is 157 Å². The van der Waals surface area contributed by atoms with Crippen molar-refractivity contribution in [2.75, 3.05) is 13.2 Å². The van der Waals surface area contributed by atoms with Crippen molar-refractivity contribution in [3.63, 3.8) is 0 Å². The number of amides is 1. The molecular weight excluding hydrogens is 346 g/mol. The topological polar surface area (TPSA) is 54.8 Å². The fourth-order valence-corrected chi connectivity index (χ4v) is 3.45. The van der Waals surface area contributed by atoms with Gasteiger partial charge in [0.2, 0.25) is 0 Å². The molecule has 1 fully saturated rings. The normalized spacial score (nSPS) is 17.1. The van der Waals surface area contributed by atoms with Crippen LogP contribution in [0.4, 0.5) is 5.82 Å². The van der Waals surface area contributed by atoms with E-state index in [2.05, 4.69) is 16.6 Å². The molecule has 2 heterocycles. The molecule has 0 bridgehead atoms. The number of rotatable bonds is 6. The van der Waals surface area contributed by atoms with Crippen molar-refractivity contribution in [3.8, 4) is 5.75 Å². The zero-order valence-corrected chi connectivity index (χ0v) is 15.3. The minimum absolute atomic E-state index is 0.0642. The maximum absolute atomic E-state index is 12.7. The van der Waals surface area contributed by atoms with Gasteiger partial charge in [0.15, 0.2) is 11.0 Å². The monoisotopic (exact) mass is 365 g/mol. The van der Waals surface area contributed by atoms with Crippen molar-refractivity contribution < 1.29 is 9.53 Å². The van der Waals surface area contributed by atoms with Gasteiger partial charge < -0.3 is 4.74 Å². The first-order valence-electron chi connectivity index (χ1n) is 8.26. The summed E-state index contributed by atoms with van der Waals surface area (Å²) >= 11 is 1.35. The number of hydrogen-bond donors (Lipinski definition) is 0. The zero-order valence-electron chi connectivity index (χ0n) is 14.5. The fraction of sp³-hybridized carbons (Fsp3) is 0.150. The number of thioether (sulfide) groups is 1. The maximum Gasteiger partial charge on any atom is 0.266 e. The second-order valence-corrected chi connectivity index (χ2v) is 6.39. The highest BCUT2D eigenvalue weighted by Crippen LogP contribution is 2.35. The highest BCUT2D eigenvalue weighted by molar-refractivity contribution is 8.18. The molecule has 6 heteroatoms. The van der Waals surface area contributed by atoms with E-state index in [1.165, 1.54) is 11.8 Å². The van der Waals surface area contributed by atoms with Crippen LogP contribution < -0.4 is 4.74 Å². The predicted molar refractivity (Wildman–Crippen MR) is 106 cm³/mol. The van der Waals surface area contributed by atoms with Gasteiger partial charge in [-0.3, -0.25) is 9.69 Å². The van der Waals surface area contributed by atoms with Gasteiger partial charge in [-0.15, -0.1) is 0 Å². The molecule has 0 aliphatic carbocycles. The van der Waals surface area contributed by atoms with Gasteiger partial charge in [0, 0.05) is 18.3 Å². The second-order valence-electron chi connectivity index (χ2n) is 5.38. The molecule has 1 saturated heterocycles. The number of ether oxygens (including phenoxy) is 1. The number of nitrogens with zero attached hydrogens (tertiary/aromatic N) is 3. The number of carbonyl (C=O) groups excluding carboxylic acids is 1.